The number of amides is 1. The van der Waals surface area contributed by atoms with Crippen LogP contribution < -0.4 is 0 Å². The quantitative estimate of drug-likeness (QED) is 0.488. The van der Waals surface area contributed by atoms with E-state index in [1.807, 2.05) is 0 Å². The maximum atomic E-state index is 13.0. The van der Waals surface area contributed by atoms with Gasteiger partial charge in [0.15, 0.2) is 0 Å². The van der Waals surface area contributed by atoms with Gasteiger partial charge in [0.05, 0.1) is 16.6 Å². The molecule has 5 nitrogen and oxygen atoms in total. The minimum Gasteiger partial charge on any atom is -0.339 e. The summed E-state index contributed by atoms with van der Waals surface area (Å²) in [6.07, 6.45) is 4.63. The van der Waals surface area contributed by atoms with Crippen molar-refractivity contribution in [1.82, 2.24) is 4.90 Å². The summed E-state index contributed by atoms with van der Waals surface area (Å²) in [4.78, 5) is 24.0. The Morgan fingerprint density at radius 3 is 2.71 bits per heavy atom. The molecule has 112 valence electrons. The molecule has 0 atom stereocenters. The van der Waals surface area contributed by atoms with Crippen LogP contribution in [0.5, 0.6) is 0 Å². The molecule has 0 N–H and O–H groups in total. The maximum absolute atomic E-state index is 13.0. The van der Waals surface area contributed by atoms with Crippen LogP contribution >= 0.6 is 0 Å². The van der Waals surface area contributed by atoms with Gasteiger partial charge in [0.2, 0.25) is 5.91 Å². The molecule has 1 saturated heterocycles. The molecule has 1 aliphatic rings. The number of carbonyl (C=O) groups is 1. The fourth-order valence-electron chi connectivity index (χ4n) is 2.31. The number of hydrogen-bond acceptors (Lipinski definition) is 3. The summed E-state index contributed by atoms with van der Waals surface area (Å²) in [5, 5.41) is 10.9. The first-order chi connectivity index (χ1) is 9.97. The van der Waals surface area contributed by atoms with Crippen LogP contribution in [0.1, 0.15) is 25.3 Å². The van der Waals surface area contributed by atoms with Gasteiger partial charge in [-0.1, -0.05) is 6.92 Å². The Kier molecular flexibility index (Phi) is 4.67. The molecule has 1 amide bonds. The average Bonchev–Trinajstić information content (AvgIpc) is 2.46. The lowest BCUT2D eigenvalue weighted by atomic mass is 9.99. The maximum Gasteiger partial charge on any atom is 0.279 e. The molecule has 0 bridgehead atoms. The van der Waals surface area contributed by atoms with Crippen LogP contribution in [0.15, 0.2) is 24.3 Å². The molecule has 0 aromatic heterocycles. The molecular weight excluding hydrogens is 275 g/mol. The number of nitrogens with zero attached hydrogens (tertiary/aromatic N) is 2. The van der Waals surface area contributed by atoms with Crippen molar-refractivity contribution in [1.29, 1.82) is 0 Å². The highest BCUT2D eigenvalue weighted by Gasteiger charge is 2.19. The molecule has 0 radical (unpaired) electrons. The van der Waals surface area contributed by atoms with Crippen molar-refractivity contribution >= 4 is 17.7 Å². The number of hydrogen-bond donors (Lipinski definition) is 0. The van der Waals surface area contributed by atoms with E-state index in [-0.39, 0.29) is 17.2 Å². The second-order valence-corrected chi connectivity index (χ2v) is 5.30. The van der Waals surface area contributed by atoms with E-state index in [1.54, 1.807) is 4.90 Å². The van der Waals surface area contributed by atoms with E-state index in [9.17, 15) is 19.3 Å². The third kappa shape index (κ3) is 3.87. The number of rotatable bonds is 3. The molecule has 1 aromatic carbocycles. The molecule has 0 spiro atoms. The fraction of sp³-hybridized carbons (Fsp3) is 0.400. The SMILES string of the molecule is CC1CCN(C(=O)C=Cc2ccc(F)cc2[N+](=O)[O-])CC1. The number of piperidine rings is 1. The van der Waals surface area contributed by atoms with Gasteiger partial charge in [0.1, 0.15) is 5.82 Å². The Balaban J connectivity index is 2.10. The molecule has 0 saturated carbocycles. The van der Waals surface area contributed by atoms with Crippen LogP contribution in [0, 0.1) is 21.8 Å². The minimum atomic E-state index is -0.671. The molecule has 1 heterocycles. The summed E-state index contributed by atoms with van der Waals surface area (Å²) in [6.45, 7) is 3.56. The molecule has 6 heteroatoms. The van der Waals surface area contributed by atoms with E-state index in [4.69, 9.17) is 0 Å². The lowest BCUT2D eigenvalue weighted by Crippen LogP contribution is -2.36. The second-order valence-electron chi connectivity index (χ2n) is 5.30. The zero-order valence-corrected chi connectivity index (χ0v) is 11.8. The van der Waals surface area contributed by atoms with Gasteiger partial charge >= 0.3 is 0 Å². The number of nitro groups is 1. The van der Waals surface area contributed by atoms with E-state index in [1.165, 1.54) is 18.2 Å². The molecular formula is C15H17FN2O3. The smallest absolute Gasteiger partial charge is 0.279 e. The second kappa shape index (κ2) is 6.47. The van der Waals surface area contributed by atoms with Gasteiger partial charge in [-0.05, 0) is 37.0 Å². The van der Waals surface area contributed by atoms with E-state index in [0.717, 1.165) is 25.0 Å². The third-order valence-corrected chi connectivity index (χ3v) is 3.69. The molecule has 2 rings (SSSR count). The van der Waals surface area contributed by atoms with Gasteiger partial charge in [-0.2, -0.15) is 0 Å². The number of likely N-dealkylation sites (tertiary alicyclic amines) is 1. The predicted molar refractivity (Wildman–Crippen MR) is 77.1 cm³/mol. The van der Waals surface area contributed by atoms with Crippen molar-refractivity contribution in [2.24, 2.45) is 5.92 Å². The van der Waals surface area contributed by atoms with Crippen LogP contribution in [0.4, 0.5) is 10.1 Å². The van der Waals surface area contributed by atoms with Crippen molar-refractivity contribution in [2.45, 2.75) is 19.8 Å². The van der Waals surface area contributed by atoms with E-state index in [0.29, 0.717) is 19.0 Å². The normalized spacial score (nSPS) is 16.4. The van der Waals surface area contributed by atoms with Crippen LogP contribution in [-0.2, 0) is 4.79 Å². The lowest BCUT2D eigenvalue weighted by Gasteiger charge is -2.29. The topological polar surface area (TPSA) is 63.5 Å². The van der Waals surface area contributed by atoms with Crippen LogP contribution in [-0.4, -0.2) is 28.8 Å². The molecule has 1 fully saturated rings. The Hall–Kier alpha value is -2.24. The third-order valence-electron chi connectivity index (χ3n) is 3.69. The zero-order valence-electron chi connectivity index (χ0n) is 11.8. The minimum absolute atomic E-state index is 0.166. The van der Waals surface area contributed by atoms with Gasteiger partial charge in [0.25, 0.3) is 5.69 Å². The van der Waals surface area contributed by atoms with Crippen molar-refractivity contribution in [3.05, 3.63) is 45.8 Å². The summed E-state index contributed by atoms with van der Waals surface area (Å²) >= 11 is 0. The Labute approximate surface area is 122 Å². The highest BCUT2D eigenvalue weighted by molar-refractivity contribution is 5.92. The lowest BCUT2D eigenvalue weighted by molar-refractivity contribution is -0.385. The van der Waals surface area contributed by atoms with Gasteiger partial charge in [-0.15, -0.1) is 0 Å². The molecule has 0 aliphatic carbocycles. The summed E-state index contributed by atoms with van der Waals surface area (Å²) in [5.74, 6) is -0.216. The summed E-state index contributed by atoms with van der Waals surface area (Å²) < 4.78 is 13.0. The van der Waals surface area contributed by atoms with E-state index < -0.39 is 10.7 Å². The summed E-state index contributed by atoms with van der Waals surface area (Å²) in [6, 6.07) is 3.29. The number of carbonyl (C=O) groups excluding carboxylic acids is 1. The molecule has 0 unspecified atom stereocenters. The van der Waals surface area contributed by atoms with E-state index >= 15 is 0 Å². The molecule has 1 aliphatic heterocycles. The highest BCUT2D eigenvalue weighted by Crippen LogP contribution is 2.21. The number of benzene rings is 1. The Morgan fingerprint density at radius 2 is 2.10 bits per heavy atom. The van der Waals surface area contributed by atoms with Gasteiger partial charge in [-0.25, -0.2) is 4.39 Å². The fourth-order valence-corrected chi connectivity index (χ4v) is 2.31. The number of nitro benzene ring substituents is 1. The standard InChI is InChI=1S/C15H17FN2O3/c1-11-6-8-17(9-7-11)15(19)5-3-12-2-4-13(16)10-14(12)18(20)21/h2-5,10-11H,6-9H2,1H3. The number of halogens is 1. The largest absolute Gasteiger partial charge is 0.339 e. The monoisotopic (exact) mass is 292 g/mol. The van der Waals surface area contributed by atoms with Crippen LogP contribution in [0.3, 0.4) is 0 Å². The van der Waals surface area contributed by atoms with Crippen LogP contribution in [0.2, 0.25) is 0 Å². The highest BCUT2D eigenvalue weighted by atomic mass is 19.1. The first-order valence-corrected chi connectivity index (χ1v) is 6.88. The van der Waals surface area contributed by atoms with Crippen LogP contribution in [0.25, 0.3) is 6.08 Å². The van der Waals surface area contributed by atoms with Crippen molar-refractivity contribution < 1.29 is 14.1 Å². The van der Waals surface area contributed by atoms with Crippen molar-refractivity contribution in [3.8, 4) is 0 Å². The first-order valence-electron chi connectivity index (χ1n) is 6.88. The first kappa shape index (κ1) is 15.2. The Bertz CT molecular complexity index is 578. The zero-order chi connectivity index (χ0) is 15.4. The average molecular weight is 292 g/mol. The molecule has 1 aromatic rings. The van der Waals surface area contributed by atoms with Crippen molar-refractivity contribution in [2.75, 3.05) is 13.1 Å². The summed E-state index contributed by atoms with van der Waals surface area (Å²) in [7, 11) is 0. The Morgan fingerprint density at radius 1 is 1.43 bits per heavy atom. The molecule has 21 heavy (non-hydrogen) atoms. The van der Waals surface area contributed by atoms with Gasteiger partial charge in [-0.3, -0.25) is 14.9 Å². The van der Waals surface area contributed by atoms with Gasteiger partial charge in [0, 0.05) is 19.2 Å². The predicted octanol–water partition coefficient (Wildman–Crippen LogP) is 3.01. The summed E-state index contributed by atoms with van der Waals surface area (Å²) in [5.41, 5.74) is -0.119. The van der Waals surface area contributed by atoms with Gasteiger partial charge < -0.3 is 4.90 Å². The van der Waals surface area contributed by atoms with Crippen molar-refractivity contribution in [3.63, 3.8) is 0 Å². The van der Waals surface area contributed by atoms with E-state index in [2.05, 4.69) is 6.92 Å².